The number of esters is 1. The third-order valence-electron chi connectivity index (χ3n) is 5.37. The van der Waals surface area contributed by atoms with Crippen molar-refractivity contribution in [3.63, 3.8) is 0 Å². The molecule has 0 heterocycles. The second-order valence-electron chi connectivity index (χ2n) is 8.11. The molecule has 2 amide bonds. The zero-order valence-electron chi connectivity index (χ0n) is 20.3. The van der Waals surface area contributed by atoms with Crippen LogP contribution in [0.2, 0.25) is 5.02 Å². The third kappa shape index (κ3) is 7.37. The van der Waals surface area contributed by atoms with Crippen molar-refractivity contribution in [1.29, 1.82) is 0 Å². The topological polar surface area (TPSA) is 140 Å². The quantitative estimate of drug-likeness (QED) is 0.0784. The largest absolute Gasteiger partial charge is 0.422 e. The molecular formula is C28H18BrClN4O6. The van der Waals surface area contributed by atoms with Gasteiger partial charge in [0.2, 0.25) is 0 Å². The number of anilines is 1. The van der Waals surface area contributed by atoms with Crippen LogP contribution in [0.4, 0.5) is 11.4 Å². The molecule has 0 bridgehead atoms. The maximum absolute atomic E-state index is 12.5. The Hall–Kier alpha value is -4.87. The molecule has 4 aromatic carbocycles. The number of hydrogen-bond donors (Lipinski definition) is 2. The number of benzene rings is 4. The number of nitro benzene ring substituents is 1. The van der Waals surface area contributed by atoms with Crippen LogP contribution in [0.15, 0.2) is 101 Å². The standard InChI is InChI=1S/C28H18BrClN4O6/c29-21-7-14-25(40-28(37)19-1-8-22(30)9-2-19)20(15-21)16-31-33-27(36)18-3-10-23(11-4-18)32-26(35)17-5-12-24(13-6-17)34(38)39/h1-16H,(H,32,35)(H,33,36)/b31-16-. The fourth-order valence-corrected chi connectivity index (χ4v) is 3.83. The van der Waals surface area contributed by atoms with E-state index in [1.807, 2.05) is 0 Å². The molecule has 200 valence electrons. The van der Waals surface area contributed by atoms with E-state index in [2.05, 4.69) is 31.8 Å². The van der Waals surface area contributed by atoms with E-state index in [-0.39, 0.29) is 22.6 Å². The van der Waals surface area contributed by atoms with E-state index in [0.29, 0.717) is 26.3 Å². The number of carbonyl (C=O) groups is 3. The van der Waals surface area contributed by atoms with Crippen LogP contribution in [0.3, 0.4) is 0 Å². The minimum Gasteiger partial charge on any atom is -0.422 e. The highest BCUT2D eigenvalue weighted by molar-refractivity contribution is 9.10. The molecule has 4 rings (SSSR count). The number of halogens is 2. The first-order valence-electron chi connectivity index (χ1n) is 11.5. The molecule has 0 radical (unpaired) electrons. The highest BCUT2D eigenvalue weighted by Crippen LogP contribution is 2.23. The van der Waals surface area contributed by atoms with Crippen molar-refractivity contribution in [2.75, 3.05) is 5.32 Å². The summed E-state index contributed by atoms with van der Waals surface area (Å²) in [7, 11) is 0. The van der Waals surface area contributed by atoms with Gasteiger partial charge in [-0.25, -0.2) is 10.2 Å². The summed E-state index contributed by atoms with van der Waals surface area (Å²) in [5.74, 6) is -1.33. The monoisotopic (exact) mass is 620 g/mol. The summed E-state index contributed by atoms with van der Waals surface area (Å²) in [5, 5.41) is 17.9. The van der Waals surface area contributed by atoms with Gasteiger partial charge in [0.1, 0.15) is 5.75 Å². The van der Waals surface area contributed by atoms with Crippen molar-refractivity contribution in [2.45, 2.75) is 0 Å². The van der Waals surface area contributed by atoms with Gasteiger partial charge in [-0.15, -0.1) is 0 Å². The van der Waals surface area contributed by atoms with Crippen LogP contribution in [0, 0.1) is 10.1 Å². The van der Waals surface area contributed by atoms with E-state index < -0.39 is 22.7 Å². The van der Waals surface area contributed by atoms with Crippen LogP contribution in [0.5, 0.6) is 5.75 Å². The van der Waals surface area contributed by atoms with Crippen LogP contribution in [-0.2, 0) is 0 Å². The number of nitro groups is 1. The maximum atomic E-state index is 12.5. The van der Waals surface area contributed by atoms with Gasteiger partial charge in [0.25, 0.3) is 17.5 Å². The fourth-order valence-electron chi connectivity index (χ4n) is 3.33. The van der Waals surface area contributed by atoms with Crippen LogP contribution < -0.4 is 15.5 Å². The molecule has 0 aliphatic heterocycles. The van der Waals surface area contributed by atoms with Crippen LogP contribution >= 0.6 is 27.5 Å². The second-order valence-corrected chi connectivity index (χ2v) is 9.47. The SMILES string of the molecule is O=C(N/N=C\c1cc(Br)ccc1OC(=O)c1ccc(Cl)cc1)c1ccc(NC(=O)c2ccc([N+](=O)[O-])cc2)cc1. The van der Waals surface area contributed by atoms with Crippen molar-refractivity contribution in [1.82, 2.24) is 5.43 Å². The van der Waals surface area contributed by atoms with E-state index in [0.717, 1.165) is 0 Å². The molecule has 0 atom stereocenters. The number of non-ortho nitro benzene ring substituents is 1. The lowest BCUT2D eigenvalue weighted by Crippen LogP contribution is -2.18. The lowest BCUT2D eigenvalue weighted by Gasteiger charge is -2.08. The molecule has 0 saturated heterocycles. The van der Waals surface area contributed by atoms with E-state index in [1.165, 1.54) is 54.7 Å². The highest BCUT2D eigenvalue weighted by atomic mass is 79.9. The maximum Gasteiger partial charge on any atom is 0.343 e. The Labute approximate surface area is 240 Å². The molecule has 0 aliphatic rings. The Bertz CT molecular complexity index is 1610. The summed E-state index contributed by atoms with van der Waals surface area (Å²) in [4.78, 5) is 47.6. The van der Waals surface area contributed by atoms with Crippen molar-refractivity contribution in [2.24, 2.45) is 5.10 Å². The minimum absolute atomic E-state index is 0.121. The van der Waals surface area contributed by atoms with Crippen LogP contribution in [0.25, 0.3) is 0 Å². The molecule has 0 saturated carbocycles. The van der Waals surface area contributed by atoms with Crippen molar-refractivity contribution >= 4 is 62.9 Å². The summed E-state index contributed by atoms with van der Waals surface area (Å²) >= 11 is 9.23. The fraction of sp³-hybridized carbons (Fsp3) is 0. The number of nitrogens with zero attached hydrogens (tertiary/aromatic N) is 2. The Balaban J connectivity index is 1.37. The Morgan fingerprint density at radius 3 is 2.10 bits per heavy atom. The van der Waals surface area contributed by atoms with Crippen molar-refractivity contribution < 1.29 is 24.0 Å². The smallest absolute Gasteiger partial charge is 0.343 e. The first-order chi connectivity index (χ1) is 19.2. The molecule has 40 heavy (non-hydrogen) atoms. The lowest BCUT2D eigenvalue weighted by molar-refractivity contribution is -0.384. The third-order valence-corrected chi connectivity index (χ3v) is 6.11. The van der Waals surface area contributed by atoms with Gasteiger partial charge in [-0.05, 0) is 78.9 Å². The Kier molecular flexibility index (Phi) is 9.00. The minimum atomic E-state index is -0.585. The average molecular weight is 622 g/mol. The van der Waals surface area contributed by atoms with Crippen molar-refractivity contribution in [3.05, 3.63) is 133 Å². The number of amides is 2. The molecule has 10 nitrogen and oxygen atoms in total. The van der Waals surface area contributed by atoms with Gasteiger partial charge in [-0.1, -0.05) is 27.5 Å². The summed E-state index contributed by atoms with van der Waals surface area (Å²) in [5.41, 5.74) is 3.97. The number of carbonyl (C=O) groups excluding carboxylic acids is 3. The predicted octanol–water partition coefficient (Wildman–Crippen LogP) is 6.25. The van der Waals surface area contributed by atoms with Gasteiger partial charge in [0.05, 0.1) is 16.7 Å². The Morgan fingerprint density at radius 2 is 1.45 bits per heavy atom. The molecule has 0 fully saturated rings. The van der Waals surface area contributed by atoms with E-state index in [4.69, 9.17) is 16.3 Å². The number of hydrogen-bond acceptors (Lipinski definition) is 7. The zero-order chi connectivity index (χ0) is 28.6. The lowest BCUT2D eigenvalue weighted by atomic mass is 10.1. The summed E-state index contributed by atoms with van der Waals surface area (Å²) in [6.07, 6.45) is 1.34. The molecule has 0 aromatic heterocycles. The van der Waals surface area contributed by atoms with Gasteiger partial charge in [0.15, 0.2) is 0 Å². The van der Waals surface area contributed by atoms with Crippen LogP contribution in [0.1, 0.15) is 36.6 Å². The molecular weight excluding hydrogens is 604 g/mol. The van der Waals surface area contributed by atoms with Crippen molar-refractivity contribution in [3.8, 4) is 5.75 Å². The molecule has 2 N–H and O–H groups in total. The number of hydrazone groups is 1. The average Bonchev–Trinajstić information content (AvgIpc) is 2.95. The second kappa shape index (κ2) is 12.8. The summed E-state index contributed by atoms with van der Waals surface area (Å²) in [6, 6.07) is 22.4. The van der Waals surface area contributed by atoms with Gasteiger partial charge in [-0.3, -0.25) is 19.7 Å². The summed E-state index contributed by atoms with van der Waals surface area (Å²) in [6.45, 7) is 0. The number of rotatable bonds is 8. The molecule has 4 aromatic rings. The summed E-state index contributed by atoms with van der Waals surface area (Å²) < 4.78 is 6.20. The number of nitrogens with one attached hydrogen (secondary N) is 2. The highest BCUT2D eigenvalue weighted by Gasteiger charge is 2.13. The van der Waals surface area contributed by atoms with E-state index >= 15 is 0 Å². The van der Waals surface area contributed by atoms with Gasteiger partial charge >= 0.3 is 5.97 Å². The van der Waals surface area contributed by atoms with E-state index in [1.54, 1.807) is 42.5 Å². The van der Waals surface area contributed by atoms with Gasteiger partial charge < -0.3 is 10.1 Å². The van der Waals surface area contributed by atoms with Crippen LogP contribution in [-0.4, -0.2) is 28.9 Å². The Morgan fingerprint density at radius 1 is 0.850 bits per heavy atom. The molecule has 0 spiro atoms. The first kappa shape index (κ1) is 28.1. The molecule has 12 heteroatoms. The van der Waals surface area contributed by atoms with E-state index in [9.17, 15) is 24.5 Å². The molecule has 0 unspecified atom stereocenters. The normalized spacial score (nSPS) is 10.7. The number of ether oxygens (including phenoxy) is 1. The molecule has 0 aliphatic carbocycles. The predicted molar refractivity (Wildman–Crippen MR) is 153 cm³/mol. The van der Waals surface area contributed by atoms with Gasteiger partial charge in [-0.2, -0.15) is 5.10 Å². The zero-order valence-corrected chi connectivity index (χ0v) is 22.7. The first-order valence-corrected chi connectivity index (χ1v) is 12.6. The van der Waals surface area contributed by atoms with Gasteiger partial charge in [0, 0.05) is 44.0 Å².